The molecule has 4 heteroatoms. The fourth-order valence-electron chi connectivity index (χ4n) is 4.24. The second kappa shape index (κ2) is 10.3. The summed E-state index contributed by atoms with van der Waals surface area (Å²) in [5, 5.41) is 4.75. The average molecular weight is 439 g/mol. The van der Waals surface area contributed by atoms with Crippen LogP contribution in [0.3, 0.4) is 0 Å². The molecule has 0 saturated carbocycles. The van der Waals surface area contributed by atoms with Crippen molar-refractivity contribution in [2.24, 2.45) is 12.2 Å². The van der Waals surface area contributed by atoms with E-state index in [-0.39, 0.29) is 0 Å². The van der Waals surface area contributed by atoms with E-state index < -0.39 is 8.32 Å². The molecule has 0 aliphatic carbocycles. The van der Waals surface area contributed by atoms with Crippen LogP contribution >= 0.6 is 0 Å². The Morgan fingerprint density at radius 3 is 1.50 bits per heavy atom. The van der Waals surface area contributed by atoms with E-state index in [1.54, 1.807) is 0 Å². The largest absolute Gasteiger partial charge is 0.454 e. The van der Waals surface area contributed by atoms with Crippen LogP contribution in [0.25, 0.3) is 0 Å². The lowest BCUT2D eigenvalue weighted by Gasteiger charge is -2.30. The van der Waals surface area contributed by atoms with Crippen LogP contribution in [0.15, 0.2) is 114 Å². The maximum Gasteiger partial charge on any atom is 0.300 e. The monoisotopic (exact) mass is 438 g/mol. The van der Waals surface area contributed by atoms with Gasteiger partial charge in [0.05, 0.1) is 11.4 Å². The molecule has 0 aliphatic heterocycles. The molecule has 0 N–H and O–H groups in total. The molecule has 0 unspecified atom stereocenters. The van der Waals surface area contributed by atoms with Gasteiger partial charge >= 0.3 is 0 Å². The average Bonchev–Trinajstić information content (AvgIpc) is 3.25. The molecule has 3 nitrogen and oxygen atoms in total. The predicted molar refractivity (Wildman–Crippen MR) is 135 cm³/mol. The molecule has 1 aromatic heterocycles. The van der Waals surface area contributed by atoms with Crippen molar-refractivity contribution < 1.29 is 4.53 Å². The van der Waals surface area contributed by atoms with E-state index >= 15 is 0 Å². The molecular weight excluding hydrogens is 408 g/mol. The zero-order valence-corrected chi connectivity index (χ0v) is 19.8. The molecule has 0 fully saturated rings. The van der Waals surface area contributed by atoms with Crippen LogP contribution in [-0.4, -0.2) is 18.6 Å². The molecule has 3 aromatic carbocycles. The molecule has 4 aromatic rings. The first-order valence-corrected chi connectivity index (χ1v) is 13.6. The summed E-state index contributed by atoms with van der Waals surface area (Å²) in [4.78, 5) is 0. The van der Waals surface area contributed by atoms with Gasteiger partial charge in [-0.2, -0.15) is 0 Å². The van der Waals surface area contributed by atoms with Crippen LogP contribution in [0, 0.1) is 0 Å². The van der Waals surface area contributed by atoms with E-state index in [0.29, 0.717) is 0 Å². The third kappa shape index (κ3) is 5.65. The summed E-state index contributed by atoms with van der Waals surface area (Å²) >= 11 is 0. The quantitative estimate of drug-likeness (QED) is 0.177. The van der Waals surface area contributed by atoms with Crippen LogP contribution in [0.2, 0.25) is 0 Å². The number of aromatic nitrogens is 1. The topological polar surface area (TPSA) is 26.5 Å². The summed E-state index contributed by atoms with van der Waals surface area (Å²) in [6.45, 7) is 2.03. The van der Waals surface area contributed by atoms with Gasteiger partial charge in [-0.25, -0.2) is 0 Å². The molecule has 32 heavy (non-hydrogen) atoms. The number of aryl methyl sites for hydroxylation is 1. The van der Waals surface area contributed by atoms with Gasteiger partial charge in [0, 0.05) is 31.4 Å². The molecule has 0 bridgehead atoms. The summed E-state index contributed by atoms with van der Waals surface area (Å²) in [5.74, 6) is 0. The van der Waals surface area contributed by atoms with E-state index in [2.05, 4.69) is 102 Å². The minimum Gasteiger partial charge on any atom is -0.454 e. The van der Waals surface area contributed by atoms with Gasteiger partial charge in [0.1, 0.15) is 0 Å². The molecule has 4 rings (SSSR count). The molecule has 1 heterocycles. The van der Waals surface area contributed by atoms with Crippen molar-refractivity contribution in [3.63, 3.8) is 0 Å². The van der Waals surface area contributed by atoms with E-state index in [1.165, 1.54) is 16.7 Å². The Labute approximate surface area is 192 Å². The van der Waals surface area contributed by atoms with Crippen molar-refractivity contribution >= 4 is 14.0 Å². The van der Waals surface area contributed by atoms with Crippen LogP contribution in [-0.2, 0) is 29.7 Å². The van der Waals surface area contributed by atoms with Crippen LogP contribution < -0.4 is 0 Å². The van der Waals surface area contributed by atoms with E-state index in [9.17, 15) is 0 Å². The Morgan fingerprint density at radius 2 is 1.12 bits per heavy atom. The first-order chi connectivity index (χ1) is 15.6. The highest BCUT2D eigenvalue weighted by Gasteiger charge is 2.39. The minimum atomic E-state index is -2.41. The van der Waals surface area contributed by atoms with Crippen molar-refractivity contribution in [3.05, 3.63) is 132 Å². The lowest BCUT2D eigenvalue weighted by Crippen LogP contribution is -2.46. The Bertz CT molecular complexity index is 1040. The Morgan fingerprint density at radius 1 is 0.688 bits per heavy atom. The second-order valence-corrected chi connectivity index (χ2v) is 12.1. The predicted octanol–water partition coefficient (Wildman–Crippen LogP) is 6.06. The number of hydrogen-bond acceptors (Lipinski definition) is 2. The maximum absolute atomic E-state index is 6.70. The number of nitrogens with zero attached hydrogens (tertiary/aromatic N) is 2. The highest BCUT2D eigenvalue weighted by molar-refractivity contribution is 6.72. The minimum absolute atomic E-state index is 0.904. The van der Waals surface area contributed by atoms with Gasteiger partial charge in [0.2, 0.25) is 0 Å². The van der Waals surface area contributed by atoms with Crippen molar-refractivity contribution in [1.82, 2.24) is 4.57 Å². The van der Waals surface area contributed by atoms with Gasteiger partial charge in [-0.05, 0) is 35.7 Å². The standard InChI is InChI=1S/C28H30N2OSi/c1-24(28-19-12-20-30(28)2)29-31-32(21-25-13-6-3-7-14-25,22-26-15-8-4-9-16-26)23-27-17-10-5-11-18-27/h3-20H,21-23H2,1-2H3. The number of oxime groups is 1. The Kier molecular flexibility index (Phi) is 7.02. The second-order valence-electron chi connectivity index (χ2n) is 8.44. The van der Waals surface area contributed by atoms with E-state index in [4.69, 9.17) is 9.68 Å². The molecule has 0 amide bonds. The zero-order valence-electron chi connectivity index (χ0n) is 18.8. The highest BCUT2D eigenvalue weighted by Crippen LogP contribution is 2.25. The van der Waals surface area contributed by atoms with Crippen molar-refractivity contribution in [3.8, 4) is 0 Å². The van der Waals surface area contributed by atoms with Gasteiger partial charge in [-0.3, -0.25) is 0 Å². The first kappa shape index (κ1) is 21.8. The summed E-state index contributed by atoms with van der Waals surface area (Å²) in [5.41, 5.74) is 5.89. The van der Waals surface area contributed by atoms with Gasteiger partial charge in [0.15, 0.2) is 0 Å². The third-order valence-electron chi connectivity index (χ3n) is 5.80. The number of rotatable bonds is 9. The molecule has 0 spiro atoms. The highest BCUT2D eigenvalue weighted by atomic mass is 28.4. The lowest BCUT2D eigenvalue weighted by atomic mass is 10.2. The van der Waals surface area contributed by atoms with Crippen LogP contribution in [0.1, 0.15) is 29.3 Å². The van der Waals surface area contributed by atoms with Crippen molar-refractivity contribution in [1.29, 1.82) is 0 Å². The molecule has 0 radical (unpaired) electrons. The van der Waals surface area contributed by atoms with Gasteiger partial charge < -0.3 is 9.09 Å². The third-order valence-corrected chi connectivity index (χ3v) is 9.43. The lowest BCUT2D eigenvalue weighted by molar-refractivity contribution is 0.316. The molecule has 162 valence electrons. The number of hydrogen-bond donors (Lipinski definition) is 0. The zero-order chi connectivity index (χ0) is 22.2. The smallest absolute Gasteiger partial charge is 0.300 e. The fraction of sp³-hybridized carbons (Fsp3) is 0.179. The van der Waals surface area contributed by atoms with Crippen molar-refractivity contribution in [2.45, 2.75) is 25.1 Å². The van der Waals surface area contributed by atoms with Gasteiger partial charge in [-0.15, -0.1) is 5.16 Å². The maximum atomic E-state index is 6.70. The molecule has 0 aliphatic rings. The first-order valence-electron chi connectivity index (χ1n) is 11.1. The van der Waals surface area contributed by atoms with Gasteiger partial charge in [0.25, 0.3) is 8.32 Å². The summed E-state index contributed by atoms with van der Waals surface area (Å²) in [7, 11) is -0.369. The molecular formula is C28H30N2OSi. The van der Waals surface area contributed by atoms with E-state index in [1.807, 2.05) is 26.2 Å². The summed E-state index contributed by atoms with van der Waals surface area (Å²) in [6, 6.07) is 38.9. The summed E-state index contributed by atoms with van der Waals surface area (Å²) < 4.78 is 8.78. The molecule has 0 saturated heterocycles. The Hall–Kier alpha value is -3.37. The fourth-order valence-corrected chi connectivity index (χ4v) is 8.08. The summed E-state index contributed by atoms with van der Waals surface area (Å²) in [6.07, 6.45) is 2.04. The normalized spacial score (nSPS) is 12.0. The SMILES string of the molecule is CC(=NO[Si](Cc1ccccc1)(Cc1ccccc1)Cc1ccccc1)c1cccn1C. The van der Waals surface area contributed by atoms with Gasteiger partial charge in [-0.1, -0.05) is 91.0 Å². The number of benzene rings is 3. The molecule has 0 atom stereocenters. The van der Waals surface area contributed by atoms with Crippen LogP contribution in [0.4, 0.5) is 0 Å². The van der Waals surface area contributed by atoms with E-state index in [0.717, 1.165) is 29.5 Å². The van der Waals surface area contributed by atoms with Crippen LogP contribution in [0.5, 0.6) is 0 Å². The Balaban J connectivity index is 1.74. The van der Waals surface area contributed by atoms with Crippen molar-refractivity contribution in [2.75, 3.05) is 0 Å².